The normalized spacial score (nSPS) is 11.1. The minimum absolute atomic E-state index is 0.0386. The Kier molecular flexibility index (Phi) is 11.0. The molecule has 0 aliphatic heterocycles. The van der Waals surface area contributed by atoms with Gasteiger partial charge in [0.2, 0.25) is 5.91 Å². The summed E-state index contributed by atoms with van der Waals surface area (Å²) in [6.45, 7) is 7.00. The smallest absolute Gasteiger partial charge is 0.308 e. The maximum atomic E-state index is 11.4. The minimum Gasteiger partial charge on any atom is -0.481 e. The number of carbonyl (C=O) groups is 3. The van der Waals surface area contributed by atoms with Gasteiger partial charge in [-0.2, -0.15) is 0 Å². The molecular formula is C15H27NO7. The van der Waals surface area contributed by atoms with Crippen LogP contribution in [0.3, 0.4) is 0 Å². The first-order valence-electron chi connectivity index (χ1n) is 7.56. The largest absolute Gasteiger partial charge is 0.481 e. The molecule has 23 heavy (non-hydrogen) atoms. The average molecular weight is 333 g/mol. The van der Waals surface area contributed by atoms with Crippen LogP contribution < -0.4 is 5.32 Å². The summed E-state index contributed by atoms with van der Waals surface area (Å²) in [5.41, 5.74) is -0.491. The highest BCUT2D eigenvalue weighted by Crippen LogP contribution is 2.07. The molecule has 0 heterocycles. The Morgan fingerprint density at radius 1 is 0.913 bits per heavy atom. The Bertz CT molecular complexity index is 377. The van der Waals surface area contributed by atoms with Crippen molar-refractivity contribution in [1.82, 2.24) is 5.32 Å². The lowest BCUT2D eigenvalue weighted by Gasteiger charge is -2.19. The topological polar surface area (TPSA) is 111 Å². The van der Waals surface area contributed by atoms with E-state index in [1.54, 1.807) is 20.8 Å². The van der Waals surface area contributed by atoms with E-state index in [4.69, 9.17) is 19.3 Å². The van der Waals surface area contributed by atoms with Crippen molar-refractivity contribution in [3.63, 3.8) is 0 Å². The third-order valence-corrected chi connectivity index (χ3v) is 2.38. The van der Waals surface area contributed by atoms with E-state index in [9.17, 15) is 14.4 Å². The average Bonchev–Trinajstić information content (AvgIpc) is 2.41. The Morgan fingerprint density at radius 2 is 1.52 bits per heavy atom. The van der Waals surface area contributed by atoms with Gasteiger partial charge in [0, 0.05) is 13.0 Å². The fraction of sp³-hybridized carbons (Fsp3) is 0.800. The maximum absolute atomic E-state index is 11.4. The van der Waals surface area contributed by atoms with Gasteiger partial charge in [0.1, 0.15) is 5.60 Å². The summed E-state index contributed by atoms with van der Waals surface area (Å²) in [7, 11) is 0. The zero-order valence-corrected chi connectivity index (χ0v) is 14.1. The van der Waals surface area contributed by atoms with Crippen LogP contribution in [0.5, 0.6) is 0 Å². The van der Waals surface area contributed by atoms with Crippen LogP contribution in [-0.2, 0) is 28.6 Å². The molecule has 0 rings (SSSR count). The number of nitrogens with one attached hydrogen (secondary N) is 1. The number of esters is 1. The number of aliphatic carboxylic acids is 1. The molecule has 8 heteroatoms. The third kappa shape index (κ3) is 16.5. The molecule has 0 aromatic rings. The van der Waals surface area contributed by atoms with Gasteiger partial charge in [-0.25, -0.2) is 0 Å². The lowest BCUT2D eigenvalue weighted by Crippen LogP contribution is -2.28. The summed E-state index contributed by atoms with van der Waals surface area (Å²) in [6, 6.07) is 0. The monoisotopic (exact) mass is 333 g/mol. The number of hydrogen-bond donors (Lipinski definition) is 2. The lowest BCUT2D eigenvalue weighted by molar-refractivity contribution is -0.156. The van der Waals surface area contributed by atoms with Gasteiger partial charge in [0.05, 0.1) is 39.3 Å². The predicted octanol–water partition coefficient (Wildman–Crippen LogP) is 0.732. The second kappa shape index (κ2) is 11.8. The SMILES string of the molecule is CC(C)(C)OC(=O)CCOCCOCCNC(=O)CCC(=O)O. The summed E-state index contributed by atoms with van der Waals surface area (Å²) in [5.74, 6) is -1.62. The van der Waals surface area contributed by atoms with Gasteiger partial charge in [-0.05, 0) is 20.8 Å². The van der Waals surface area contributed by atoms with Gasteiger partial charge >= 0.3 is 11.9 Å². The van der Waals surface area contributed by atoms with Crippen LogP contribution in [0.15, 0.2) is 0 Å². The molecule has 0 bridgehead atoms. The summed E-state index contributed by atoms with van der Waals surface area (Å²) in [4.78, 5) is 32.8. The van der Waals surface area contributed by atoms with Crippen LogP contribution in [0.2, 0.25) is 0 Å². The summed E-state index contributed by atoms with van der Waals surface area (Å²) >= 11 is 0. The number of rotatable bonds is 12. The molecule has 0 aliphatic rings. The van der Waals surface area contributed by atoms with E-state index in [-0.39, 0.29) is 37.7 Å². The number of ether oxygens (including phenoxy) is 3. The van der Waals surface area contributed by atoms with Gasteiger partial charge in [-0.15, -0.1) is 0 Å². The number of amides is 1. The third-order valence-electron chi connectivity index (χ3n) is 2.38. The summed E-state index contributed by atoms with van der Waals surface area (Å²) < 4.78 is 15.6. The summed E-state index contributed by atoms with van der Waals surface area (Å²) in [6.07, 6.45) is -0.0296. The quantitative estimate of drug-likeness (QED) is 0.400. The van der Waals surface area contributed by atoms with E-state index < -0.39 is 11.6 Å². The standard InChI is InChI=1S/C15H27NO7/c1-15(2,3)23-14(20)6-8-21-10-11-22-9-7-16-12(17)4-5-13(18)19/h4-11H2,1-3H3,(H,16,17)(H,18,19). The molecule has 0 unspecified atom stereocenters. The van der Waals surface area contributed by atoms with Crippen molar-refractivity contribution >= 4 is 17.8 Å². The molecule has 0 spiro atoms. The second-order valence-electron chi connectivity index (χ2n) is 5.80. The fourth-order valence-corrected chi connectivity index (χ4v) is 1.44. The summed E-state index contributed by atoms with van der Waals surface area (Å²) in [5, 5.41) is 11.0. The Labute approximate surface area is 136 Å². The number of carbonyl (C=O) groups excluding carboxylic acids is 2. The van der Waals surface area contributed by atoms with Crippen LogP contribution in [0.1, 0.15) is 40.0 Å². The first-order chi connectivity index (χ1) is 10.7. The fourth-order valence-electron chi connectivity index (χ4n) is 1.44. The molecule has 134 valence electrons. The van der Waals surface area contributed by atoms with Crippen LogP contribution in [0, 0.1) is 0 Å². The molecule has 8 nitrogen and oxygen atoms in total. The van der Waals surface area contributed by atoms with Crippen molar-refractivity contribution in [3.05, 3.63) is 0 Å². The van der Waals surface area contributed by atoms with Crippen molar-refractivity contribution in [2.24, 2.45) is 0 Å². The zero-order valence-electron chi connectivity index (χ0n) is 14.1. The van der Waals surface area contributed by atoms with Crippen LogP contribution >= 0.6 is 0 Å². The Hall–Kier alpha value is -1.67. The highest BCUT2D eigenvalue weighted by Gasteiger charge is 2.15. The van der Waals surface area contributed by atoms with E-state index in [0.717, 1.165) is 0 Å². The highest BCUT2D eigenvalue weighted by molar-refractivity contribution is 5.80. The van der Waals surface area contributed by atoms with E-state index in [2.05, 4.69) is 5.32 Å². The zero-order chi connectivity index (χ0) is 17.7. The highest BCUT2D eigenvalue weighted by atomic mass is 16.6. The molecule has 0 radical (unpaired) electrons. The number of carboxylic acid groups (broad SMARTS) is 1. The van der Waals surface area contributed by atoms with E-state index >= 15 is 0 Å². The molecule has 1 amide bonds. The molecule has 0 atom stereocenters. The van der Waals surface area contributed by atoms with Crippen molar-refractivity contribution in [2.45, 2.75) is 45.6 Å². The number of hydrogen-bond acceptors (Lipinski definition) is 6. The molecule has 0 saturated carbocycles. The van der Waals surface area contributed by atoms with Crippen molar-refractivity contribution in [3.8, 4) is 0 Å². The maximum Gasteiger partial charge on any atom is 0.308 e. The van der Waals surface area contributed by atoms with Gasteiger partial charge in [-0.3, -0.25) is 14.4 Å². The van der Waals surface area contributed by atoms with Crippen LogP contribution in [0.25, 0.3) is 0 Å². The van der Waals surface area contributed by atoms with Gasteiger partial charge in [0.15, 0.2) is 0 Å². The molecule has 2 N–H and O–H groups in total. The van der Waals surface area contributed by atoms with Crippen molar-refractivity contribution < 1.29 is 33.7 Å². The van der Waals surface area contributed by atoms with Crippen LogP contribution in [0.4, 0.5) is 0 Å². The lowest BCUT2D eigenvalue weighted by atomic mass is 10.2. The Balaban J connectivity index is 3.35. The van der Waals surface area contributed by atoms with Crippen molar-refractivity contribution in [2.75, 3.05) is 33.0 Å². The van der Waals surface area contributed by atoms with Gasteiger partial charge < -0.3 is 24.6 Å². The van der Waals surface area contributed by atoms with Gasteiger partial charge in [0.25, 0.3) is 0 Å². The van der Waals surface area contributed by atoms with Crippen LogP contribution in [-0.4, -0.2) is 61.5 Å². The number of carboxylic acids is 1. The minimum atomic E-state index is -1.00. The molecule has 0 aromatic carbocycles. The Morgan fingerprint density at radius 3 is 2.09 bits per heavy atom. The molecule has 0 aliphatic carbocycles. The molecule has 0 fully saturated rings. The first-order valence-corrected chi connectivity index (χ1v) is 7.56. The van der Waals surface area contributed by atoms with E-state index in [1.165, 1.54) is 0 Å². The second-order valence-corrected chi connectivity index (χ2v) is 5.80. The first kappa shape index (κ1) is 21.3. The van der Waals surface area contributed by atoms with Gasteiger partial charge in [-0.1, -0.05) is 0 Å². The molecule has 0 saturated heterocycles. The predicted molar refractivity (Wildman–Crippen MR) is 82.0 cm³/mol. The van der Waals surface area contributed by atoms with Crippen molar-refractivity contribution in [1.29, 1.82) is 0 Å². The molecular weight excluding hydrogens is 306 g/mol. The molecule has 0 aromatic heterocycles. The van der Waals surface area contributed by atoms with E-state index in [0.29, 0.717) is 26.4 Å². The van der Waals surface area contributed by atoms with E-state index in [1.807, 2.05) is 0 Å².